The molecule has 0 unspecified atom stereocenters. The first kappa shape index (κ1) is 21.9. The van der Waals surface area contributed by atoms with Gasteiger partial charge in [0.15, 0.2) is 0 Å². The minimum atomic E-state index is -0.983. The number of nitro groups is 1. The number of carbonyl (C=O) groups excluding carboxylic acids is 1. The normalized spacial score (nSPS) is 19.8. The first-order valence-corrected chi connectivity index (χ1v) is 9.76. The number of carbonyl (C=O) groups is 1. The fourth-order valence-electron chi connectivity index (χ4n) is 3.76. The number of benzene rings is 1. The number of nitrogens with zero attached hydrogens (tertiary/aromatic N) is 2. The molecule has 1 fully saturated rings. The van der Waals surface area contributed by atoms with Gasteiger partial charge in [-0.2, -0.15) is 0 Å². The predicted octanol–water partition coefficient (Wildman–Crippen LogP) is 3.15. The van der Waals surface area contributed by atoms with Gasteiger partial charge in [-0.05, 0) is 51.5 Å². The van der Waals surface area contributed by atoms with Gasteiger partial charge in [-0.1, -0.05) is 6.92 Å². The third-order valence-electron chi connectivity index (χ3n) is 5.21. The van der Waals surface area contributed by atoms with Crippen molar-refractivity contribution in [2.75, 3.05) is 30.9 Å². The quantitative estimate of drug-likeness (QED) is 0.486. The van der Waals surface area contributed by atoms with Crippen LogP contribution in [0.1, 0.15) is 56.8 Å². The molecule has 156 valence electrons. The number of aliphatic hydroxyl groups is 1. The summed E-state index contributed by atoms with van der Waals surface area (Å²) in [5, 5.41) is 27.5. The minimum absolute atomic E-state index is 0.0826. The van der Waals surface area contributed by atoms with Crippen molar-refractivity contribution in [2.24, 2.45) is 5.92 Å². The third-order valence-corrected chi connectivity index (χ3v) is 5.21. The maximum atomic E-state index is 13.0. The molecule has 8 nitrogen and oxygen atoms in total. The largest absolute Gasteiger partial charge is 0.389 e. The van der Waals surface area contributed by atoms with E-state index in [4.69, 9.17) is 0 Å². The maximum absolute atomic E-state index is 13.0. The topological polar surface area (TPSA) is 108 Å². The standard InChI is InChI=1S/C20H32N4O4/c1-13-6-8-14(9-7-13)22-19(25)15-10-18(24(27)28)16(21-4)11-17(15)23(5)12-20(2,3)26/h10-11,13-14,21,26H,6-9,12H2,1-5H3,(H,22,25). The van der Waals surface area contributed by atoms with Crippen LogP contribution < -0.4 is 15.5 Å². The number of amides is 1. The lowest BCUT2D eigenvalue weighted by molar-refractivity contribution is -0.383. The molecule has 0 saturated heterocycles. The fourth-order valence-corrected chi connectivity index (χ4v) is 3.76. The Kier molecular flexibility index (Phi) is 6.87. The lowest BCUT2D eigenvalue weighted by Gasteiger charge is -2.30. The summed E-state index contributed by atoms with van der Waals surface area (Å²) in [6.07, 6.45) is 3.96. The van der Waals surface area contributed by atoms with E-state index in [0.29, 0.717) is 17.3 Å². The summed E-state index contributed by atoms with van der Waals surface area (Å²) >= 11 is 0. The number of nitro benzene ring substituents is 1. The van der Waals surface area contributed by atoms with E-state index in [0.717, 1.165) is 25.7 Å². The molecular formula is C20H32N4O4. The Morgan fingerprint density at radius 2 is 1.93 bits per heavy atom. The van der Waals surface area contributed by atoms with Crippen LogP contribution in [0.15, 0.2) is 12.1 Å². The van der Waals surface area contributed by atoms with Gasteiger partial charge in [-0.3, -0.25) is 14.9 Å². The van der Waals surface area contributed by atoms with Gasteiger partial charge < -0.3 is 20.6 Å². The molecular weight excluding hydrogens is 360 g/mol. The van der Waals surface area contributed by atoms with Crippen LogP contribution in [0.25, 0.3) is 0 Å². The number of rotatable bonds is 7. The molecule has 1 aromatic rings. The Hall–Kier alpha value is -2.35. The molecule has 1 aromatic carbocycles. The van der Waals surface area contributed by atoms with Gasteiger partial charge in [0.2, 0.25) is 0 Å². The van der Waals surface area contributed by atoms with E-state index in [1.807, 2.05) is 0 Å². The van der Waals surface area contributed by atoms with Crippen LogP contribution in [0.5, 0.6) is 0 Å². The zero-order valence-electron chi connectivity index (χ0n) is 17.4. The summed E-state index contributed by atoms with van der Waals surface area (Å²) < 4.78 is 0. The van der Waals surface area contributed by atoms with E-state index >= 15 is 0 Å². The van der Waals surface area contributed by atoms with E-state index in [1.54, 1.807) is 38.9 Å². The molecule has 28 heavy (non-hydrogen) atoms. The molecule has 0 atom stereocenters. The van der Waals surface area contributed by atoms with Crippen LogP contribution in [0.2, 0.25) is 0 Å². The predicted molar refractivity (Wildman–Crippen MR) is 111 cm³/mol. The smallest absolute Gasteiger partial charge is 0.293 e. The highest BCUT2D eigenvalue weighted by molar-refractivity contribution is 6.02. The molecule has 0 aromatic heterocycles. The summed E-state index contributed by atoms with van der Waals surface area (Å²) in [5.41, 5.74) is -0.0189. The van der Waals surface area contributed by atoms with Crippen LogP contribution in [0.3, 0.4) is 0 Å². The monoisotopic (exact) mass is 392 g/mol. The number of likely N-dealkylation sites (N-methyl/N-ethyl adjacent to an activating group) is 1. The Labute approximate surface area is 166 Å². The average Bonchev–Trinajstić information content (AvgIpc) is 2.60. The van der Waals surface area contributed by atoms with Crippen molar-refractivity contribution in [1.29, 1.82) is 0 Å². The summed E-state index contributed by atoms with van der Waals surface area (Å²) in [6, 6.07) is 3.00. The zero-order chi connectivity index (χ0) is 21.1. The highest BCUT2D eigenvalue weighted by Crippen LogP contribution is 2.34. The average molecular weight is 393 g/mol. The molecule has 1 aliphatic rings. The Balaban J connectivity index is 2.39. The summed E-state index contributed by atoms with van der Waals surface area (Å²) in [5.74, 6) is 0.348. The molecule has 0 radical (unpaired) electrons. The summed E-state index contributed by atoms with van der Waals surface area (Å²) in [7, 11) is 3.36. The van der Waals surface area contributed by atoms with Gasteiger partial charge in [0.1, 0.15) is 5.69 Å². The zero-order valence-corrected chi connectivity index (χ0v) is 17.4. The summed E-state index contributed by atoms with van der Waals surface area (Å²) in [4.78, 5) is 25.7. The Morgan fingerprint density at radius 3 is 2.43 bits per heavy atom. The van der Waals surface area contributed by atoms with E-state index in [2.05, 4.69) is 17.6 Å². The van der Waals surface area contributed by atoms with Crippen LogP contribution in [0, 0.1) is 16.0 Å². The molecule has 1 amide bonds. The van der Waals surface area contributed by atoms with Crippen molar-refractivity contribution in [3.63, 3.8) is 0 Å². The van der Waals surface area contributed by atoms with Gasteiger partial charge in [-0.15, -0.1) is 0 Å². The maximum Gasteiger partial charge on any atom is 0.293 e. The van der Waals surface area contributed by atoms with Crippen molar-refractivity contribution >= 4 is 23.0 Å². The Morgan fingerprint density at radius 1 is 1.32 bits per heavy atom. The minimum Gasteiger partial charge on any atom is -0.389 e. The SMILES string of the molecule is CNc1cc(N(C)CC(C)(C)O)c(C(=O)NC2CCC(C)CC2)cc1[N+](=O)[O-]. The summed E-state index contributed by atoms with van der Waals surface area (Å²) in [6.45, 7) is 5.84. The molecule has 0 bridgehead atoms. The van der Waals surface area contributed by atoms with Crippen molar-refractivity contribution < 1.29 is 14.8 Å². The van der Waals surface area contributed by atoms with Crippen LogP contribution in [-0.2, 0) is 0 Å². The van der Waals surface area contributed by atoms with Crippen molar-refractivity contribution in [3.05, 3.63) is 27.8 Å². The number of hydrogen-bond acceptors (Lipinski definition) is 6. The molecule has 8 heteroatoms. The molecule has 2 rings (SSSR count). The lowest BCUT2D eigenvalue weighted by Crippen LogP contribution is -2.40. The van der Waals surface area contributed by atoms with Gasteiger partial charge in [0.25, 0.3) is 11.6 Å². The Bertz CT molecular complexity index is 722. The van der Waals surface area contributed by atoms with E-state index in [9.17, 15) is 20.0 Å². The second kappa shape index (κ2) is 8.77. The first-order valence-electron chi connectivity index (χ1n) is 9.76. The highest BCUT2D eigenvalue weighted by atomic mass is 16.6. The second-order valence-corrected chi connectivity index (χ2v) is 8.49. The first-order chi connectivity index (χ1) is 13.0. The van der Waals surface area contributed by atoms with Crippen LogP contribution in [0.4, 0.5) is 17.1 Å². The second-order valence-electron chi connectivity index (χ2n) is 8.49. The van der Waals surface area contributed by atoms with E-state index < -0.39 is 10.5 Å². The third kappa shape index (κ3) is 5.58. The van der Waals surface area contributed by atoms with Gasteiger partial charge >= 0.3 is 0 Å². The molecule has 0 heterocycles. The fraction of sp³-hybridized carbons (Fsp3) is 0.650. The number of nitrogens with one attached hydrogen (secondary N) is 2. The highest BCUT2D eigenvalue weighted by Gasteiger charge is 2.27. The van der Waals surface area contributed by atoms with Crippen molar-refractivity contribution in [1.82, 2.24) is 5.32 Å². The molecule has 1 saturated carbocycles. The lowest BCUT2D eigenvalue weighted by atomic mass is 9.87. The van der Waals surface area contributed by atoms with E-state index in [1.165, 1.54) is 6.07 Å². The van der Waals surface area contributed by atoms with Gasteiger partial charge in [-0.25, -0.2) is 0 Å². The number of hydrogen-bond donors (Lipinski definition) is 3. The number of anilines is 2. The molecule has 1 aliphatic carbocycles. The van der Waals surface area contributed by atoms with Crippen molar-refractivity contribution in [2.45, 2.75) is 58.1 Å². The van der Waals surface area contributed by atoms with Gasteiger partial charge in [0, 0.05) is 32.7 Å². The molecule has 0 aliphatic heterocycles. The molecule has 3 N–H and O–H groups in total. The van der Waals surface area contributed by atoms with Gasteiger partial charge in [0.05, 0.1) is 21.8 Å². The van der Waals surface area contributed by atoms with E-state index in [-0.39, 0.29) is 29.7 Å². The molecule has 0 spiro atoms. The van der Waals surface area contributed by atoms with Crippen LogP contribution in [-0.4, -0.2) is 48.2 Å². The van der Waals surface area contributed by atoms with Crippen molar-refractivity contribution in [3.8, 4) is 0 Å². The van der Waals surface area contributed by atoms with Crippen LogP contribution >= 0.6 is 0 Å².